The third-order valence-corrected chi connectivity index (χ3v) is 5.27. The average Bonchev–Trinajstić information content (AvgIpc) is 3.22. The van der Waals surface area contributed by atoms with Gasteiger partial charge in [0, 0.05) is 16.8 Å². The molecule has 5 atom stereocenters. The van der Waals surface area contributed by atoms with Crippen molar-refractivity contribution in [1.82, 2.24) is 9.10 Å². The van der Waals surface area contributed by atoms with Gasteiger partial charge in [-0.1, -0.05) is 0 Å². The maximum Gasteiger partial charge on any atom is 0.229 e. The summed E-state index contributed by atoms with van der Waals surface area (Å²) >= 11 is 1.30. The normalized spacial score (nSPS) is 29.3. The lowest BCUT2D eigenvalue weighted by molar-refractivity contribution is -0.277. The maximum atomic E-state index is 10.1. The molecule has 0 spiro atoms. The predicted octanol–water partition coefficient (Wildman–Crippen LogP) is -0.512. The molecule has 4 rings (SSSR count). The van der Waals surface area contributed by atoms with Gasteiger partial charge in [0.05, 0.1) is 18.3 Å². The van der Waals surface area contributed by atoms with E-state index < -0.39 is 37.3 Å². The summed E-state index contributed by atoms with van der Waals surface area (Å²) in [4.78, 5) is 6.27. The summed E-state index contributed by atoms with van der Waals surface area (Å²) in [5, 5.41) is 40.9. The van der Waals surface area contributed by atoms with Crippen LogP contribution in [0.25, 0.3) is 21.1 Å². The summed E-state index contributed by atoms with van der Waals surface area (Å²) in [6.45, 7) is -0.514. The van der Waals surface area contributed by atoms with E-state index in [0.29, 0.717) is 5.75 Å². The molecule has 0 unspecified atom stereocenters. The fourth-order valence-corrected chi connectivity index (χ4v) is 3.90. The van der Waals surface area contributed by atoms with Crippen LogP contribution in [0, 0.1) is 0 Å². The highest BCUT2D eigenvalue weighted by atomic mass is 32.1. The molecule has 1 saturated heterocycles. The van der Waals surface area contributed by atoms with Gasteiger partial charge in [-0.05, 0) is 23.7 Å². The minimum Gasteiger partial charge on any atom is -0.462 e. The average molecular weight is 382 g/mol. The highest BCUT2D eigenvalue weighted by Gasteiger charge is 2.44. The van der Waals surface area contributed by atoms with Gasteiger partial charge in [-0.3, -0.25) is 0 Å². The number of nitrogens with zero attached hydrogens (tertiary/aromatic N) is 2. The molecule has 9 nitrogen and oxygen atoms in total. The summed E-state index contributed by atoms with van der Waals surface area (Å²) in [5.74, 6) is 0.373. The molecule has 1 fully saturated rings. The van der Waals surface area contributed by atoms with E-state index in [-0.39, 0.29) is 0 Å². The third-order valence-electron chi connectivity index (χ3n) is 4.50. The number of fused-ring (bicyclic) bond motifs is 3. The molecule has 4 N–H and O–H groups in total. The third kappa shape index (κ3) is 2.62. The molecule has 3 aromatic rings. The van der Waals surface area contributed by atoms with Gasteiger partial charge in [0.2, 0.25) is 6.29 Å². The van der Waals surface area contributed by atoms with Crippen molar-refractivity contribution in [3.8, 4) is 5.75 Å². The first-order chi connectivity index (χ1) is 12.5. The van der Waals surface area contributed by atoms with Crippen LogP contribution in [-0.4, -0.2) is 74.0 Å². The van der Waals surface area contributed by atoms with Crippen LogP contribution in [0.2, 0.25) is 0 Å². The second-order valence-electron chi connectivity index (χ2n) is 6.02. The van der Waals surface area contributed by atoms with Gasteiger partial charge in [0.1, 0.15) is 37.3 Å². The molecule has 1 aliphatic rings. The molecule has 0 amide bonds. The molecular formula is C16H18N2O7S. The first-order valence-corrected chi connectivity index (χ1v) is 8.73. The van der Waals surface area contributed by atoms with Crippen molar-refractivity contribution in [2.75, 3.05) is 13.7 Å². The highest BCUT2D eigenvalue weighted by molar-refractivity contribution is 7.13. The van der Waals surface area contributed by atoms with Gasteiger partial charge in [0.15, 0.2) is 4.83 Å². The Labute approximate surface area is 151 Å². The molecule has 1 aromatic carbocycles. The Morgan fingerprint density at radius 2 is 2.00 bits per heavy atom. The Kier molecular flexibility index (Phi) is 4.47. The summed E-state index contributed by atoms with van der Waals surface area (Å²) < 4.78 is 16.8. The van der Waals surface area contributed by atoms with Gasteiger partial charge < -0.3 is 34.7 Å². The van der Waals surface area contributed by atoms with E-state index >= 15 is 0 Å². The van der Waals surface area contributed by atoms with Crippen LogP contribution in [0.1, 0.15) is 0 Å². The first-order valence-electron chi connectivity index (χ1n) is 7.95. The molecule has 26 heavy (non-hydrogen) atoms. The fraction of sp³-hybridized carbons (Fsp3) is 0.438. The number of aliphatic hydroxyl groups is 4. The number of aromatic nitrogens is 2. The van der Waals surface area contributed by atoms with Gasteiger partial charge in [-0.15, -0.1) is 0 Å². The van der Waals surface area contributed by atoms with Crippen LogP contribution in [-0.2, 0) is 4.74 Å². The Morgan fingerprint density at radius 3 is 2.73 bits per heavy atom. The second-order valence-corrected chi connectivity index (χ2v) is 6.80. The van der Waals surface area contributed by atoms with Gasteiger partial charge in [-0.25, -0.2) is 0 Å². The molecule has 0 bridgehead atoms. The summed E-state index contributed by atoms with van der Waals surface area (Å²) in [6, 6.07) is 5.24. The van der Waals surface area contributed by atoms with E-state index in [9.17, 15) is 20.4 Å². The van der Waals surface area contributed by atoms with Crippen molar-refractivity contribution >= 4 is 32.7 Å². The van der Waals surface area contributed by atoms with Crippen molar-refractivity contribution in [2.24, 2.45) is 0 Å². The Bertz CT molecular complexity index is 924. The number of aliphatic hydroxyl groups excluding tert-OH is 4. The molecule has 0 radical (unpaired) electrons. The molecular weight excluding hydrogens is 364 g/mol. The largest absolute Gasteiger partial charge is 0.462 e. The molecule has 3 heterocycles. The Balaban J connectivity index is 1.66. The number of hydrogen-bond donors (Lipinski definition) is 4. The molecule has 10 heteroatoms. The van der Waals surface area contributed by atoms with Crippen LogP contribution < -0.4 is 9.57 Å². The topological polar surface area (TPSA) is 126 Å². The van der Waals surface area contributed by atoms with Crippen LogP contribution in [0.15, 0.2) is 24.4 Å². The Morgan fingerprint density at radius 1 is 1.19 bits per heavy atom. The van der Waals surface area contributed by atoms with Crippen molar-refractivity contribution < 1.29 is 34.7 Å². The van der Waals surface area contributed by atoms with E-state index in [0.717, 1.165) is 21.1 Å². The summed E-state index contributed by atoms with van der Waals surface area (Å²) in [5.41, 5.74) is 0.748. The monoisotopic (exact) mass is 382 g/mol. The van der Waals surface area contributed by atoms with Crippen molar-refractivity contribution in [3.63, 3.8) is 0 Å². The van der Waals surface area contributed by atoms with Crippen LogP contribution in [0.4, 0.5) is 0 Å². The van der Waals surface area contributed by atoms with E-state index in [1.54, 1.807) is 30.2 Å². The van der Waals surface area contributed by atoms with E-state index in [1.165, 1.54) is 11.5 Å². The lowest BCUT2D eigenvalue weighted by Crippen LogP contribution is -2.60. The molecule has 1 aliphatic heterocycles. The smallest absolute Gasteiger partial charge is 0.229 e. The summed E-state index contributed by atoms with van der Waals surface area (Å²) in [7, 11) is 1.55. The standard InChI is InChI=1S/C16H18N2O7S/c1-23-18-10-4-7(2-3-8(10)9-5-17-26-15(9)18)24-16-14(22)13(21)12(20)11(6-19)25-16/h2-5,11-14,16,19-22H,6H2,1H3/t11-,12-,13+,14-,16-/m1/s1. The van der Waals surface area contributed by atoms with E-state index in [1.807, 2.05) is 6.07 Å². The van der Waals surface area contributed by atoms with E-state index in [2.05, 4.69) is 4.37 Å². The lowest BCUT2D eigenvalue weighted by atomic mass is 9.99. The number of benzene rings is 1. The van der Waals surface area contributed by atoms with Crippen molar-refractivity contribution in [1.29, 1.82) is 0 Å². The zero-order valence-corrected chi connectivity index (χ0v) is 14.5. The zero-order chi connectivity index (χ0) is 18.4. The molecule has 0 aliphatic carbocycles. The lowest BCUT2D eigenvalue weighted by Gasteiger charge is -2.39. The molecule has 0 saturated carbocycles. The first kappa shape index (κ1) is 17.5. The Hall–Kier alpha value is -1.95. The van der Waals surface area contributed by atoms with Crippen LogP contribution in [0.5, 0.6) is 5.75 Å². The summed E-state index contributed by atoms with van der Waals surface area (Å²) in [6.07, 6.45) is -4.89. The zero-order valence-electron chi connectivity index (χ0n) is 13.7. The van der Waals surface area contributed by atoms with E-state index in [4.69, 9.17) is 14.3 Å². The fourth-order valence-electron chi connectivity index (χ4n) is 3.13. The number of ether oxygens (including phenoxy) is 2. The minimum atomic E-state index is -1.49. The van der Waals surface area contributed by atoms with Crippen LogP contribution in [0.3, 0.4) is 0 Å². The van der Waals surface area contributed by atoms with Gasteiger partial charge in [0.25, 0.3) is 0 Å². The van der Waals surface area contributed by atoms with Crippen molar-refractivity contribution in [2.45, 2.75) is 30.7 Å². The maximum absolute atomic E-state index is 10.1. The quantitative estimate of drug-likeness (QED) is 0.475. The molecule has 2 aromatic heterocycles. The highest BCUT2D eigenvalue weighted by Crippen LogP contribution is 2.33. The SMILES string of the molecule is COn1c2cc(O[C@@H]3O[C@H](CO)[C@@H](O)[C@H](O)[C@H]3O)ccc2c2cnsc21. The number of hydrogen-bond acceptors (Lipinski definition) is 9. The van der Waals surface area contributed by atoms with Gasteiger partial charge >= 0.3 is 0 Å². The predicted molar refractivity (Wildman–Crippen MR) is 92.0 cm³/mol. The minimum absolute atomic E-state index is 0.373. The molecule has 140 valence electrons. The van der Waals surface area contributed by atoms with Gasteiger partial charge in [-0.2, -0.15) is 9.10 Å². The van der Waals surface area contributed by atoms with Crippen LogP contribution >= 0.6 is 11.5 Å². The van der Waals surface area contributed by atoms with Crippen molar-refractivity contribution in [3.05, 3.63) is 24.4 Å². The number of rotatable bonds is 4. The second kappa shape index (κ2) is 6.65.